The van der Waals surface area contributed by atoms with Crippen LogP contribution in [0.5, 0.6) is 0 Å². The fraction of sp³-hybridized carbons (Fsp3) is 0.875. The van der Waals surface area contributed by atoms with Crippen LogP contribution in [0.25, 0.3) is 0 Å². The van der Waals surface area contributed by atoms with E-state index in [1.807, 2.05) is 0 Å². The summed E-state index contributed by atoms with van der Waals surface area (Å²) < 4.78 is 9.41. The van der Waals surface area contributed by atoms with Crippen molar-refractivity contribution in [3.63, 3.8) is 0 Å². The number of aliphatic hydroxyl groups excluding tert-OH is 4. The fourth-order valence-electron chi connectivity index (χ4n) is 1.42. The van der Waals surface area contributed by atoms with Gasteiger partial charge in [0.2, 0.25) is 0 Å². The molecule has 8 heteroatoms. The molecule has 1 aliphatic rings. The van der Waals surface area contributed by atoms with E-state index in [0.29, 0.717) is 0 Å². The van der Waals surface area contributed by atoms with Crippen LogP contribution in [0.1, 0.15) is 0 Å². The number of aliphatic hydroxyl groups is 4. The van der Waals surface area contributed by atoms with Gasteiger partial charge in [-0.2, -0.15) is 0 Å². The zero-order chi connectivity index (χ0) is 12.3. The summed E-state index contributed by atoms with van der Waals surface area (Å²) in [6, 6.07) is 0. The molecule has 1 aliphatic heterocycles. The highest BCUT2D eigenvalue weighted by molar-refractivity contribution is 5.68. The Morgan fingerprint density at radius 2 is 1.88 bits per heavy atom. The van der Waals surface area contributed by atoms with E-state index in [-0.39, 0.29) is 0 Å². The minimum Gasteiger partial charge on any atom is -0.480 e. The van der Waals surface area contributed by atoms with Crippen LogP contribution in [-0.4, -0.2) is 75.4 Å². The number of carbonyl (C=O) groups is 1. The monoisotopic (exact) mass is 238 g/mol. The van der Waals surface area contributed by atoms with Crippen molar-refractivity contribution < 1.29 is 39.8 Å². The lowest BCUT2D eigenvalue weighted by Gasteiger charge is -2.39. The molecular weight excluding hydrogens is 224 g/mol. The maximum Gasteiger partial charge on any atom is 0.329 e. The van der Waals surface area contributed by atoms with Gasteiger partial charge in [-0.05, 0) is 0 Å². The van der Waals surface area contributed by atoms with Crippen LogP contribution in [-0.2, 0) is 14.3 Å². The minimum atomic E-state index is -1.60. The second-order valence-corrected chi connectivity index (χ2v) is 3.40. The molecule has 5 N–H and O–H groups in total. The lowest BCUT2D eigenvalue weighted by Crippen LogP contribution is -2.59. The van der Waals surface area contributed by atoms with Gasteiger partial charge in [-0.25, -0.2) is 4.79 Å². The SMILES string of the molecule is O=C(O)CO[C@@H]1[C@@H](O)[C@H](O)[C@@H](CO)O[C@@H]1O. The van der Waals surface area contributed by atoms with Gasteiger partial charge in [-0.3, -0.25) is 0 Å². The Hall–Kier alpha value is -0.770. The van der Waals surface area contributed by atoms with Gasteiger partial charge in [-0.15, -0.1) is 0 Å². The van der Waals surface area contributed by atoms with Crippen LogP contribution in [0.3, 0.4) is 0 Å². The second-order valence-electron chi connectivity index (χ2n) is 3.40. The Balaban J connectivity index is 2.60. The molecule has 1 rings (SSSR count). The van der Waals surface area contributed by atoms with Gasteiger partial charge in [-0.1, -0.05) is 0 Å². The van der Waals surface area contributed by atoms with E-state index in [1.165, 1.54) is 0 Å². The van der Waals surface area contributed by atoms with Crippen LogP contribution >= 0.6 is 0 Å². The number of aliphatic carboxylic acids is 1. The molecule has 0 bridgehead atoms. The first kappa shape index (κ1) is 13.3. The minimum absolute atomic E-state index is 0.582. The average molecular weight is 238 g/mol. The van der Waals surface area contributed by atoms with Crippen molar-refractivity contribution in [2.24, 2.45) is 0 Å². The highest BCUT2D eigenvalue weighted by Gasteiger charge is 2.44. The van der Waals surface area contributed by atoms with Crippen LogP contribution in [0, 0.1) is 0 Å². The van der Waals surface area contributed by atoms with Crippen molar-refractivity contribution in [1.29, 1.82) is 0 Å². The molecule has 16 heavy (non-hydrogen) atoms. The van der Waals surface area contributed by atoms with Crippen molar-refractivity contribution in [3.05, 3.63) is 0 Å². The summed E-state index contributed by atoms with van der Waals surface area (Å²) >= 11 is 0. The standard InChI is InChI=1S/C8H14O8/c9-1-3-5(12)6(13)7(8(14)16-3)15-2-4(10)11/h3,5-9,12-14H,1-2H2,(H,10,11)/t3-,5-,6+,7-,8+/m1/s1. The van der Waals surface area contributed by atoms with Gasteiger partial charge >= 0.3 is 5.97 Å². The van der Waals surface area contributed by atoms with E-state index in [9.17, 15) is 20.1 Å². The van der Waals surface area contributed by atoms with Crippen molar-refractivity contribution in [2.45, 2.75) is 30.7 Å². The highest BCUT2D eigenvalue weighted by atomic mass is 16.7. The van der Waals surface area contributed by atoms with Gasteiger partial charge in [0, 0.05) is 0 Å². The smallest absolute Gasteiger partial charge is 0.329 e. The molecule has 0 aliphatic carbocycles. The molecule has 5 atom stereocenters. The Kier molecular flexibility index (Phi) is 4.59. The first-order valence-electron chi connectivity index (χ1n) is 4.61. The molecule has 0 aromatic rings. The second kappa shape index (κ2) is 5.53. The predicted octanol–water partition coefficient (Wildman–Crippen LogP) is -3.11. The summed E-state index contributed by atoms with van der Waals surface area (Å²) in [5, 5.41) is 45.4. The first-order chi connectivity index (χ1) is 7.47. The molecule has 8 nitrogen and oxygen atoms in total. The molecule has 0 amide bonds. The zero-order valence-corrected chi connectivity index (χ0v) is 8.26. The lowest BCUT2D eigenvalue weighted by molar-refractivity contribution is -0.295. The summed E-state index contributed by atoms with van der Waals surface area (Å²) in [6.07, 6.45) is -7.08. The average Bonchev–Trinajstić information content (AvgIpc) is 2.22. The third-order valence-electron chi connectivity index (χ3n) is 2.24. The molecule has 0 aromatic carbocycles. The zero-order valence-electron chi connectivity index (χ0n) is 8.26. The molecule has 0 unspecified atom stereocenters. The van der Waals surface area contributed by atoms with Gasteiger partial charge in [0.15, 0.2) is 6.29 Å². The van der Waals surface area contributed by atoms with Crippen LogP contribution < -0.4 is 0 Å². The Morgan fingerprint density at radius 1 is 1.25 bits per heavy atom. The van der Waals surface area contributed by atoms with Crippen molar-refractivity contribution >= 4 is 5.97 Å². The Labute approximate surface area is 90.6 Å². The Bertz CT molecular complexity index is 244. The van der Waals surface area contributed by atoms with E-state index >= 15 is 0 Å². The molecule has 0 radical (unpaired) electrons. The quantitative estimate of drug-likeness (QED) is 0.347. The molecule has 1 fully saturated rings. The number of rotatable bonds is 4. The van der Waals surface area contributed by atoms with Crippen molar-refractivity contribution in [2.75, 3.05) is 13.2 Å². The molecule has 0 aromatic heterocycles. The van der Waals surface area contributed by atoms with Crippen LogP contribution in [0.2, 0.25) is 0 Å². The van der Waals surface area contributed by atoms with E-state index < -0.39 is 49.9 Å². The van der Waals surface area contributed by atoms with E-state index in [2.05, 4.69) is 4.74 Å². The molecular formula is C8H14O8. The fourth-order valence-corrected chi connectivity index (χ4v) is 1.42. The summed E-state index contributed by atoms with van der Waals surface area (Å²) in [7, 11) is 0. The normalized spacial score (nSPS) is 39.6. The lowest BCUT2D eigenvalue weighted by atomic mass is 9.99. The molecule has 0 saturated carbocycles. The molecule has 0 spiro atoms. The number of hydrogen-bond acceptors (Lipinski definition) is 7. The number of carboxylic acids is 1. The van der Waals surface area contributed by atoms with Gasteiger partial charge < -0.3 is 35.0 Å². The number of carboxylic acid groups (broad SMARTS) is 1. The van der Waals surface area contributed by atoms with E-state index in [0.717, 1.165) is 0 Å². The van der Waals surface area contributed by atoms with E-state index in [1.54, 1.807) is 0 Å². The first-order valence-corrected chi connectivity index (χ1v) is 4.61. The highest BCUT2D eigenvalue weighted by Crippen LogP contribution is 2.21. The molecule has 94 valence electrons. The van der Waals surface area contributed by atoms with Crippen molar-refractivity contribution in [1.82, 2.24) is 0 Å². The van der Waals surface area contributed by atoms with E-state index in [4.69, 9.17) is 14.9 Å². The number of hydrogen-bond donors (Lipinski definition) is 5. The topological polar surface area (TPSA) is 137 Å². The van der Waals surface area contributed by atoms with Crippen molar-refractivity contribution in [3.8, 4) is 0 Å². The number of ether oxygens (including phenoxy) is 2. The summed E-state index contributed by atoms with van der Waals surface area (Å²) in [5.41, 5.74) is 0. The summed E-state index contributed by atoms with van der Waals surface area (Å²) in [5.74, 6) is -1.28. The third-order valence-corrected chi connectivity index (χ3v) is 2.24. The predicted molar refractivity (Wildman–Crippen MR) is 47.4 cm³/mol. The van der Waals surface area contributed by atoms with Crippen LogP contribution in [0.4, 0.5) is 0 Å². The molecule has 1 saturated heterocycles. The maximum atomic E-state index is 10.2. The third kappa shape index (κ3) is 2.88. The maximum absolute atomic E-state index is 10.2. The molecule has 1 heterocycles. The van der Waals surface area contributed by atoms with Gasteiger partial charge in [0.1, 0.15) is 31.0 Å². The Morgan fingerprint density at radius 3 is 2.38 bits per heavy atom. The largest absolute Gasteiger partial charge is 0.480 e. The van der Waals surface area contributed by atoms with Gasteiger partial charge in [0.05, 0.1) is 6.61 Å². The summed E-state index contributed by atoms with van der Waals surface area (Å²) in [4.78, 5) is 10.2. The summed E-state index contributed by atoms with van der Waals surface area (Å²) in [6.45, 7) is -1.32. The van der Waals surface area contributed by atoms with Gasteiger partial charge in [0.25, 0.3) is 0 Å². The van der Waals surface area contributed by atoms with Crippen LogP contribution in [0.15, 0.2) is 0 Å².